The Kier molecular flexibility index (Phi) is 3.40. The third kappa shape index (κ3) is 2.78. The number of phenolic OH excluding ortho intramolecular Hbond substituents is 1. The lowest BCUT2D eigenvalue weighted by molar-refractivity contribution is -0.177. The molecule has 0 spiro atoms. The van der Waals surface area contributed by atoms with Crippen molar-refractivity contribution >= 4 is 15.9 Å². The van der Waals surface area contributed by atoms with Gasteiger partial charge in [-0.25, -0.2) is 9.03 Å². The number of benzene rings is 1. The lowest BCUT2D eigenvalue weighted by Crippen LogP contribution is -2.31. The molecule has 10 heteroatoms. The number of alkyl halides is 3. The average molecular weight is 350 g/mol. The Morgan fingerprint density at radius 2 is 1.91 bits per heavy atom. The van der Waals surface area contributed by atoms with Gasteiger partial charge in [-0.3, -0.25) is 0 Å². The van der Waals surface area contributed by atoms with E-state index in [4.69, 9.17) is 0 Å². The van der Waals surface area contributed by atoms with Crippen LogP contribution in [0.15, 0.2) is 24.2 Å². The normalized spacial score (nSPS) is 23.2. The van der Waals surface area contributed by atoms with Crippen molar-refractivity contribution in [1.82, 2.24) is 4.72 Å². The zero-order chi connectivity index (χ0) is 17.0. The van der Waals surface area contributed by atoms with Crippen LogP contribution in [0.5, 0.6) is 5.75 Å². The zero-order valence-corrected chi connectivity index (χ0v) is 12.4. The van der Waals surface area contributed by atoms with E-state index >= 15 is 0 Å². The molecule has 0 saturated heterocycles. The molecule has 1 heterocycles. The first-order valence-electron chi connectivity index (χ1n) is 6.72. The second kappa shape index (κ2) is 4.95. The second-order valence-electron chi connectivity index (χ2n) is 5.51. The van der Waals surface area contributed by atoms with E-state index in [1.54, 1.807) is 4.72 Å². The van der Waals surface area contributed by atoms with Crippen LogP contribution >= 0.6 is 0 Å². The highest BCUT2D eigenvalue weighted by atomic mass is 32.2. The lowest BCUT2D eigenvalue weighted by Gasteiger charge is -2.28. The van der Waals surface area contributed by atoms with Gasteiger partial charge in [0.25, 0.3) is 0 Å². The number of rotatable bonds is 1. The summed E-state index contributed by atoms with van der Waals surface area (Å²) in [7, 11) is -4.12. The molecule has 0 radical (unpaired) electrons. The van der Waals surface area contributed by atoms with Crippen molar-refractivity contribution in [2.24, 2.45) is 5.92 Å². The average Bonchev–Trinajstić information content (AvgIpc) is 2.69. The van der Waals surface area contributed by atoms with Gasteiger partial charge in [0.1, 0.15) is 11.4 Å². The number of hydrogen-bond acceptors (Lipinski definition) is 4. The maximum absolute atomic E-state index is 12.9. The molecule has 0 aromatic heterocycles. The van der Waals surface area contributed by atoms with Crippen molar-refractivity contribution in [3.05, 3.63) is 35.3 Å². The monoisotopic (exact) mass is 350 g/mol. The Bertz CT molecular complexity index is 789. The number of aromatic hydroxyl groups is 1. The highest BCUT2D eigenvalue weighted by molar-refractivity contribution is 7.91. The number of aliphatic hydroxyl groups is 1. The largest absolute Gasteiger partial charge is 0.506 e. The Balaban J connectivity index is 2.02. The van der Waals surface area contributed by atoms with Gasteiger partial charge >= 0.3 is 16.4 Å². The van der Waals surface area contributed by atoms with E-state index in [9.17, 15) is 31.8 Å². The van der Waals surface area contributed by atoms with Gasteiger partial charge in [0.15, 0.2) is 0 Å². The number of nitrogens with one attached hydrogen (secondary N) is 1. The molecular weight excluding hydrogens is 337 g/mol. The van der Waals surface area contributed by atoms with Gasteiger partial charge in [-0.1, -0.05) is 0 Å². The molecule has 6 nitrogen and oxygen atoms in total. The zero-order valence-electron chi connectivity index (χ0n) is 11.6. The molecule has 1 atom stereocenters. The molecule has 126 valence electrons. The first-order chi connectivity index (χ1) is 10.6. The minimum Gasteiger partial charge on any atom is -0.506 e. The Morgan fingerprint density at radius 1 is 1.22 bits per heavy atom. The number of anilines is 1. The number of hydrogen-bond donors (Lipinski definition) is 3. The van der Waals surface area contributed by atoms with Crippen LogP contribution in [-0.4, -0.2) is 24.8 Å². The summed E-state index contributed by atoms with van der Waals surface area (Å²) in [5, 5.41) is 19.3. The van der Waals surface area contributed by atoms with E-state index in [0.717, 1.165) is 6.20 Å². The second-order valence-corrected chi connectivity index (χ2v) is 7.06. The fourth-order valence-corrected chi connectivity index (χ4v) is 3.89. The molecule has 1 aliphatic carbocycles. The summed E-state index contributed by atoms with van der Waals surface area (Å²) in [5.41, 5.74) is 0.689. The molecule has 1 aromatic rings. The summed E-state index contributed by atoms with van der Waals surface area (Å²) in [6.45, 7) is 0. The summed E-state index contributed by atoms with van der Waals surface area (Å²) in [5.74, 6) is -2.52. The van der Waals surface area contributed by atoms with E-state index in [1.165, 1.54) is 12.1 Å². The highest BCUT2D eigenvalue weighted by Gasteiger charge is 2.41. The van der Waals surface area contributed by atoms with Crippen molar-refractivity contribution in [3.63, 3.8) is 0 Å². The molecule has 1 aromatic carbocycles. The van der Waals surface area contributed by atoms with E-state index in [0.29, 0.717) is 15.4 Å². The summed E-state index contributed by atoms with van der Waals surface area (Å²) in [6.07, 6.45) is -3.68. The van der Waals surface area contributed by atoms with Crippen molar-refractivity contribution < 1.29 is 31.8 Å². The molecule has 0 fully saturated rings. The number of aryl methyl sites for hydroxylation is 1. The third-order valence-electron chi connectivity index (χ3n) is 3.96. The predicted octanol–water partition coefficient (Wildman–Crippen LogP) is 2.07. The molecule has 2 aliphatic rings. The first-order valence-corrected chi connectivity index (χ1v) is 8.16. The number of aliphatic hydroxyl groups excluding tert-OH is 1. The molecule has 0 amide bonds. The topological polar surface area (TPSA) is 89.9 Å². The first kappa shape index (κ1) is 15.8. The summed E-state index contributed by atoms with van der Waals surface area (Å²) in [4.78, 5) is 0. The SMILES string of the molecule is O=S1(=O)NC(O)=CN1c1cc2c(cc1O)CCC(C(F)(F)F)C2. The van der Waals surface area contributed by atoms with Crippen LogP contribution in [0.3, 0.4) is 0 Å². The van der Waals surface area contributed by atoms with Crippen LogP contribution < -0.4 is 9.03 Å². The van der Waals surface area contributed by atoms with Crippen molar-refractivity contribution in [2.75, 3.05) is 4.31 Å². The molecule has 0 bridgehead atoms. The fraction of sp³-hybridized carbons (Fsp3) is 0.385. The van der Waals surface area contributed by atoms with E-state index in [1.807, 2.05) is 0 Å². The number of fused-ring (bicyclic) bond motifs is 1. The van der Waals surface area contributed by atoms with Crippen molar-refractivity contribution in [3.8, 4) is 5.75 Å². The third-order valence-corrected chi connectivity index (χ3v) is 5.24. The highest BCUT2D eigenvalue weighted by Crippen LogP contribution is 2.41. The number of phenols is 1. The fourth-order valence-electron chi connectivity index (χ4n) is 2.83. The van der Waals surface area contributed by atoms with E-state index in [2.05, 4.69) is 0 Å². The van der Waals surface area contributed by atoms with Crippen LogP contribution in [0.1, 0.15) is 17.5 Å². The lowest BCUT2D eigenvalue weighted by atomic mass is 9.83. The molecule has 3 rings (SSSR count). The van der Waals surface area contributed by atoms with Crippen LogP contribution in [0, 0.1) is 5.92 Å². The predicted molar refractivity (Wildman–Crippen MR) is 74.9 cm³/mol. The smallest absolute Gasteiger partial charge is 0.392 e. The molecule has 1 unspecified atom stereocenters. The van der Waals surface area contributed by atoms with Gasteiger partial charge in [0.2, 0.25) is 5.88 Å². The summed E-state index contributed by atoms with van der Waals surface area (Å²) >= 11 is 0. The Morgan fingerprint density at radius 3 is 2.48 bits per heavy atom. The van der Waals surface area contributed by atoms with Crippen LogP contribution in [-0.2, 0) is 23.1 Å². The van der Waals surface area contributed by atoms with Gasteiger partial charge in [-0.2, -0.15) is 21.6 Å². The van der Waals surface area contributed by atoms with Crippen molar-refractivity contribution in [1.29, 1.82) is 0 Å². The Labute approximate surface area is 130 Å². The van der Waals surface area contributed by atoms with Crippen LogP contribution in [0.2, 0.25) is 0 Å². The Hall–Kier alpha value is -2.10. The van der Waals surface area contributed by atoms with Gasteiger partial charge < -0.3 is 10.2 Å². The molecule has 23 heavy (non-hydrogen) atoms. The van der Waals surface area contributed by atoms with Crippen molar-refractivity contribution in [2.45, 2.75) is 25.4 Å². The molecular formula is C13H13F3N2O4S. The standard InChI is InChI=1S/C13H13F3N2O4S/c14-13(15,16)9-2-1-7-5-11(19)10(4-8(7)3-9)18-6-12(20)17-23(18,21)22/h4-6,9,17,19-20H,1-3H2. The van der Waals surface area contributed by atoms with E-state index < -0.39 is 28.2 Å². The summed E-state index contributed by atoms with van der Waals surface area (Å²) in [6, 6.07) is 2.49. The maximum atomic E-state index is 12.9. The van der Waals surface area contributed by atoms with Crippen LogP contribution in [0.25, 0.3) is 0 Å². The maximum Gasteiger partial charge on any atom is 0.392 e. The number of halogens is 3. The summed E-state index contributed by atoms with van der Waals surface area (Å²) < 4.78 is 64.7. The molecule has 1 aliphatic heterocycles. The number of nitrogens with zero attached hydrogens (tertiary/aromatic N) is 1. The molecule has 3 N–H and O–H groups in total. The van der Waals surface area contributed by atoms with Crippen LogP contribution in [0.4, 0.5) is 18.9 Å². The van der Waals surface area contributed by atoms with Gasteiger partial charge in [0, 0.05) is 0 Å². The minimum absolute atomic E-state index is 0.0699. The molecule has 0 saturated carbocycles. The van der Waals surface area contributed by atoms with Gasteiger partial charge in [-0.15, -0.1) is 0 Å². The van der Waals surface area contributed by atoms with Gasteiger partial charge in [0.05, 0.1) is 12.1 Å². The quantitative estimate of drug-likeness (QED) is 0.723. The van der Waals surface area contributed by atoms with E-state index in [-0.39, 0.29) is 30.7 Å². The minimum atomic E-state index is -4.32. The van der Waals surface area contributed by atoms with Gasteiger partial charge in [-0.05, 0) is 42.5 Å².